The summed E-state index contributed by atoms with van der Waals surface area (Å²) in [5.74, 6) is 0.00597. The maximum absolute atomic E-state index is 12.9. The smallest absolute Gasteiger partial charge is 0.325 e. The third-order valence-electron chi connectivity index (χ3n) is 6.84. The second-order valence-electron chi connectivity index (χ2n) is 8.90. The van der Waals surface area contributed by atoms with E-state index >= 15 is 0 Å². The van der Waals surface area contributed by atoms with Crippen molar-refractivity contribution in [2.24, 2.45) is 0 Å². The van der Waals surface area contributed by atoms with Crippen molar-refractivity contribution in [2.75, 3.05) is 5.32 Å². The minimum absolute atomic E-state index is 0.294. The lowest BCUT2D eigenvalue weighted by Crippen LogP contribution is -2.48. The SMILES string of the molecule is CC(C(=O)Nc1ccc2c(c1)OC1(CCCCC1)O2)N1C(=O)NC2(CCCC2)C1=O. The molecule has 2 saturated carbocycles. The zero-order valence-electron chi connectivity index (χ0n) is 17.2. The van der Waals surface area contributed by atoms with Crippen LogP contribution in [0.2, 0.25) is 0 Å². The molecule has 0 radical (unpaired) electrons. The lowest BCUT2D eigenvalue weighted by atomic mass is 9.94. The molecule has 1 unspecified atom stereocenters. The molecule has 5 rings (SSSR count). The van der Waals surface area contributed by atoms with Crippen LogP contribution in [0.5, 0.6) is 11.5 Å². The number of nitrogens with one attached hydrogen (secondary N) is 2. The standard InChI is InChI=1S/C22H27N3O5/c1-14(25-19(27)21(24-20(25)28)9-5-6-10-21)18(26)23-15-7-8-16-17(13-15)30-22(29-16)11-3-2-4-12-22/h7-8,13-14H,2-6,9-12H2,1H3,(H,23,26)(H,24,28). The molecule has 2 N–H and O–H groups in total. The molecule has 8 nitrogen and oxygen atoms in total. The summed E-state index contributed by atoms with van der Waals surface area (Å²) in [5.41, 5.74) is -0.275. The third-order valence-corrected chi connectivity index (χ3v) is 6.84. The van der Waals surface area contributed by atoms with Crippen molar-refractivity contribution < 1.29 is 23.9 Å². The first-order chi connectivity index (χ1) is 14.4. The fraction of sp³-hybridized carbons (Fsp3) is 0.591. The molecule has 1 saturated heterocycles. The van der Waals surface area contributed by atoms with Gasteiger partial charge in [0.1, 0.15) is 11.6 Å². The first-order valence-corrected chi connectivity index (χ1v) is 10.9. The van der Waals surface area contributed by atoms with E-state index in [1.807, 2.05) is 0 Å². The summed E-state index contributed by atoms with van der Waals surface area (Å²) in [7, 11) is 0. The quantitative estimate of drug-likeness (QED) is 0.741. The van der Waals surface area contributed by atoms with Crippen LogP contribution in [0.15, 0.2) is 18.2 Å². The molecular formula is C22H27N3O5. The van der Waals surface area contributed by atoms with Gasteiger partial charge in [0.25, 0.3) is 11.7 Å². The van der Waals surface area contributed by atoms with E-state index in [0.29, 0.717) is 30.0 Å². The molecule has 1 aromatic carbocycles. The van der Waals surface area contributed by atoms with Crippen molar-refractivity contribution in [1.29, 1.82) is 0 Å². The van der Waals surface area contributed by atoms with Gasteiger partial charge in [-0.1, -0.05) is 19.3 Å². The summed E-state index contributed by atoms with van der Waals surface area (Å²) in [4.78, 5) is 39.2. The van der Waals surface area contributed by atoms with E-state index in [0.717, 1.165) is 43.4 Å². The average Bonchev–Trinajstić information content (AvgIpc) is 3.39. The number of nitrogens with zero attached hydrogens (tertiary/aromatic N) is 1. The fourth-order valence-corrected chi connectivity index (χ4v) is 5.14. The molecule has 160 valence electrons. The van der Waals surface area contributed by atoms with Gasteiger partial charge in [0.15, 0.2) is 11.5 Å². The average molecular weight is 413 g/mol. The largest absolute Gasteiger partial charge is 0.448 e. The molecule has 2 heterocycles. The van der Waals surface area contributed by atoms with Crippen molar-refractivity contribution in [3.63, 3.8) is 0 Å². The van der Waals surface area contributed by atoms with Crippen LogP contribution >= 0.6 is 0 Å². The lowest BCUT2D eigenvalue weighted by Gasteiger charge is -2.31. The minimum Gasteiger partial charge on any atom is -0.448 e. The number of amides is 4. The second-order valence-corrected chi connectivity index (χ2v) is 8.90. The highest BCUT2D eigenvalue weighted by atomic mass is 16.7. The molecule has 4 aliphatic rings. The van der Waals surface area contributed by atoms with E-state index in [4.69, 9.17) is 9.47 Å². The molecular weight excluding hydrogens is 386 g/mol. The molecule has 2 aliphatic carbocycles. The van der Waals surface area contributed by atoms with Crippen LogP contribution < -0.4 is 20.1 Å². The zero-order valence-corrected chi connectivity index (χ0v) is 17.2. The predicted molar refractivity (Wildman–Crippen MR) is 108 cm³/mol. The van der Waals surface area contributed by atoms with Gasteiger partial charge in [0.2, 0.25) is 5.91 Å². The Balaban J connectivity index is 1.28. The number of carbonyl (C=O) groups excluding carboxylic acids is 3. The number of ether oxygens (including phenoxy) is 2. The Bertz CT molecular complexity index is 902. The highest BCUT2D eigenvalue weighted by molar-refractivity contribution is 6.11. The van der Waals surface area contributed by atoms with Crippen LogP contribution in [-0.4, -0.2) is 40.1 Å². The number of carbonyl (C=O) groups is 3. The molecule has 8 heteroatoms. The van der Waals surface area contributed by atoms with Crippen LogP contribution in [-0.2, 0) is 9.59 Å². The molecule has 0 bridgehead atoms. The van der Waals surface area contributed by atoms with Crippen molar-refractivity contribution in [3.05, 3.63) is 18.2 Å². The zero-order chi connectivity index (χ0) is 20.9. The number of hydrogen-bond donors (Lipinski definition) is 2. The van der Waals surface area contributed by atoms with E-state index < -0.39 is 29.3 Å². The number of hydrogen-bond acceptors (Lipinski definition) is 5. The maximum Gasteiger partial charge on any atom is 0.325 e. The number of rotatable bonds is 3. The monoisotopic (exact) mass is 413 g/mol. The molecule has 4 amide bonds. The summed E-state index contributed by atoms with van der Waals surface area (Å²) >= 11 is 0. The van der Waals surface area contributed by atoms with Gasteiger partial charge in [-0.15, -0.1) is 0 Å². The van der Waals surface area contributed by atoms with E-state index in [2.05, 4.69) is 10.6 Å². The number of urea groups is 1. The topological polar surface area (TPSA) is 97.0 Å². The Kier molecular flexibility index (Phi) is 4.41. The van der Waals surface area contributed by atoms with Gasteiger partial charge in [-0.25, -0.2) is 9.69 Å². The van der Waals surface area contributed by atoms with Crippen LogP contribution in [0.4, 0.5) is 10.5 Å². The van der Waals surface area contributed by atoms with Crippen molar-refractivity contribution in [3.8, 4) is 11.5 Å². The van der Waals surface area contributed by atoms with E-state index in [1.165, 1.54) is 6.42 Å². The molecule has 1 aromatic rings. The second kappa shape index (κ2) is 6.89. The lowest BCUT2D eigenvalue weighted by molar-refractivity contribution is -0.136. The Morgan fingerprint density at radius 3 is 2.43 bits per heavy atom. The van der Waals surface area contributed by atoms with Gasteiger partial charge in [0, 0.05) is 24.6 Å². The van der Waals surface area contributed by atoms with E-state index in [1.54, 1.807) is 25.1 Å². The summed E-state index contributed by atoms with van der Waals surface area (Å²) in [6, 6.07) is 3.88. The number of benzene rings is 1. The third kappa shape index (κ3) is 3.00. The van der Waals surface area contributed by atoms with Gasteiger partial charge in [0.05, 0.1) is 0 Å². The Hall–Kier alpha value is -2.77. The van der Waals surface area contributed by atoms with Crippen LogP contribution in [0, 0.1) is 0 Å². The van der Waals surface area contributed by atoms with Crippen molar-refractivity contribution in [1.82, 2.24) is 10.2 Å². The predicted octanol–water partition coefficient (Wildman–Crippen LogP) is 3.31. The van der Waals surface area contributed by atoms with Gasteiger partial charge >= 0.3 is 6.03 Å². The summed E-state index contributed by atoms with van der Waals surface area (Å²) in [6.07, 6.45) is 8.11. The van der Waals surface area contributed by atoms with Gasteiger partial charge in [-0.2, -0.15) is 0 Å². The molecule has 3 fully saturated rings. The Morgan fingerprint density at radius 1 is 1.03 bits per heavy atom. The van der Waals surface area contributed by atoms with E-state index in [-0.39, 0.29) is 5.91 Å². The summed E-state index contributed by atoms with van der Waals surface area (Å²) in [6.45, 7) is 1.57. The van der Waals surface area contributed by atoms with Crippen LogP contribution in [0.25, 0.3) is 0 Å². The van der Waals surface area contributed by atoms with Gasteiger partial charge in [-0.05, 0) is 44.7 Å². The molecule has 0 aromatic heterocycles. The first-order valence-electron chi connectivity index (χ1n) is 10.9. The van der Waals surface area contributed by atoms with Crippen LogP contribution in [0.3, 0.4) is 0 Å². The molecule has 2 aliphatic heterocycles. The highest BCUT2D eigenvalue weighted by Gasteiger charge is 2.54. The minimum atomic E-state index is -0.910. The number of imide groups is 1. The van der Waals surface area contributed by atoms with E-state index in [9.17, 15) is 14.4 Å². The normalized spacial score (nSPS) is 24.4. The summed E-state index contributed by atoms with van der Waals surface area (Å²) in [5, 5.41) is 5.63. The highest BCUT2D eigenvalue weighted by Crippen LogP contribution is 2.46. The molecule has 30 heavy (non-hydrogen) atoms. The fourth-order valence-electron chi connectivity index (χ4n) is 5.14. The molecule has 1 atom stereocenters. The Labute approximate surface area is 175 Å². The number of anilines is 1. The van der Waals surface area contributed by atoms with Crippen molar-refractivity contribution in [2.45, 2.75) is 82.1 Å². The van der Waals surface area contributed by atoms with Gasteiger partial charge < -0.3 is 20.1 Å². The molecule has 2 spiro atoms. The van der Waals surface area contributed by atoms with Crippen LogP contribution in [0.1, 0.15) is 64.7 Å². The van der Waals surface area contributed by atoms with Crippen molar-refractivity contribution >= 4 is 23.5 Å². The number of fused-ring (bicyclic) bond motifs is 1. The maximum atomic E-state index is 12.9. The summed E-state index contributed by atoms with van der Waals surface area (Å²) < 4.78 is 12.2. The van der Waals surface area contributed by atoms with Gasteiger partial charge in [-0.3, -0.25) is 9.59 Å². The first kappa shape index (κ1) is 19.2. The Morgan fingerprint density at radius 2 is 1.70 bits per heavy atom.